The van der Waals surface area contributed by atoms with Gasteiger partial charge in [-0.1, -0.05) is 37.5 Å². The molecule has 0 amide bonds. The lowest BCUT2D eigenvalue weighted by molar-refractivity contribution is 0.569. The van der Waals surface area contributed by atoms with E-state index >= 15 is 0 Å². The Kier molecular flexibility index (Phi) is 7.55. The molecule has 0 bridgehead atoms. The van der Waals surface area contributed by atoms with E-state index in [9.17, 15) is 0 Å². The summed E-state index contributed by atoms with van der Waals surface area (Å²) in [5.41, 5.74) is 2.85. The van der Waals surface area contributed by atoms with Crippen molar-refractivity contribution in [1.29, 1.82) is 0 Å². The van der Waals surface area contributed by atoms with Crippen LogP contribution in [0.5, 0.6) is 0 Å². The van der Waals surface area contributed by atoms with Crippen LogP contribution in [-0.4, -0.2) is 0 Å². The number of hydrogen-bond donors (Lipinski definition) is 0. The van der Waals surface area contributed by atoms with Gasteiger partial charge in [0.2, 0.25) is 0 Å². The lowest BCUT2D eigenvalue weighted by Crippen LogP contribution is -1.89. The number of rotatable bonds is 7. The topological polar surface area (TPSA) is 0 Å². The average molecular weight is 194 g/mol. The molecule has 0 aromatic rings. The zero-order chi connectivity index (χ0) is 11.0. The molecule has 0 saturated carbocycles. The number of hydrogen-bond acceptors (Lipinski definition) is 0. The molecule has 0 saturated heterocycles. The molecule has 0 aliphatic rings. The van der Waals surface area contributed by atoms with Gasteiger partial charge in [-0.25, -0.2) is 0 Å². The molecule has 0 heterocycles. The van der Waals surface area contributed by atoms with Crippen molar-refractivity contribution < 1.29 is 0 Å². The van der Waals surface area contributed by atoms with Gasteiger partial charge in [-0.2, -0.15) is 0 Å². The van der Waals surface area contributed by atoms with Crippen LogP contribution < -0.4 is 0 Å². The average Bonchev–Trinajstić information content (AvgIpc) is 2.13. The van der Waals surface area contributed by atoms with E-state index in [0.29, 0.717) is 0 Å². The molecule has 0 radical (unpaired) electrons. The van der Waals surface area contributed by atoms with Crippen molar-refractivity contribution in [2.45, 2.75) is 59.8 Å². The summed E-state index contributed by atoms with van der Waals surface area (Å²) in [6, 6.07) is 0. The minimum absolute atomic E-state index is 0.839. The fourth-order valence-electron chi connectivity index (χ4n) is 1.34. The molecule has 14 heavy (non-hydrogen) atoms. The van der Waals surface area contributed by atoms with Crippen molar-refractivity contribution >= 4 is 0 Å². The molecular weight excluding hydrogens is 168 g/mol. The fraction of sp³-hybridized carbons (Fsp3) is 0.714. The van der Waals surface area contributed by atoms with Crippen molar-refractivity contribution in [3.05, 3.63) is 23.8 Å². The SMILES string of the molecule is C=C(C)CCC/C(C)=C/CC(C)CC. The molecule has 0 aromatic carbocycles. The first-order chi connectivity index (χ1) is 6.56. The summed E-state index contributed by atoms with van der Waals surface area (Å²) in [5, 5.41) is 0. The molecule has 0 N–H and O–H groups in total. The van der Waals surface area contributed by atoms with Gasteiger partial charge >= 0.3 is 0 Å². The minimum Gasteiger partial charge on any atom is -0.100 e. The van der Waals surface area contributed by atoms with E-state index in [0.717, 1.165) is 5.92 Å². The van der Waals surface area contributed by atoms with Crippen LogP contribution >= 0.6 is 0 Å². The predicted molar refractivity (Wildman–Crippen MR) is 66.5 cm³/mol. The van der Waals surface area contributed by atoms with Crippen LogP contribution in [0.1, 0.15) is 59.8 Å². The first kappa shape index (κ1) is 13.5. The summed E-state index contributed by atoms with van der Waals surface area (Å²) < 4.78 is 0. The third kappa shape index (κ3) is 8.10. The molecule has 0 aliphatic heterocycles. The van der Waals surface area contributed by atoms with E-state index in [1.54, 1.807) is 5.57 Å². The molecule has 82 valence electrons. The highest BCUT2D eigenvalue weighted by Crippen LogP contribution is 2.14. The Morgan fingerprint density at radius 2 is 1.93 bits per heavy atom. The lowest BCUT2D eigenvalue weighted by Gasteiger charge is -2.06. The van der Waals surface area contributed by atoms with Gasteiger partial charge in [0.05, 0.1) is 0 Å². The van der Waals surface area contributed by atoms with E-state index in [4.69, 9.17) is 0 Å². The second kappa shape index (κ2) is 7.84. The summed E-state index contributed by atoms with van der Waals surface area (Å²) in [6.45, 7) is 12.9. The van der Waals surface area contributed by atoms with E-state index in [2.05, 4.69) is 40.3 Å². The smallest absolute Gasteiger partial charge is 0.0320 e. The predicted octanol–water partition coefficient (Wildman–Crippen LogP) is 5.12. The minimum atomic E-state index is 0.839. The van der Waals surface area contributed by atoms with Crippen molar-refractivity contribution in [1.82, 2.24) is 0 Å². The lowest BCUT2D eigenvalue weighted by atomic mass is 10.0. The van der Waals surface area contributed by atoms with Gasteiger partial charge in [-0.15, -0.1) is 6.58 Å². The maximum atomic E-state index is 3.92. The molecule has 0 heteroatoms. The Morgan fingerprint density at radius 1 is 1.29 bits per heavy atom. The summed E-state index contributed by atoms with van der Waals surface area (Å²) >= 11 is 0. The highest BCUT2D eigenvalue weighted by atomic mass is 14.0. The largest absolute Gasteiger partial charge is 0.100 e. The first-order valence-corrected chi connectivity index (χ1v) is 5.86. The van der Waals surface area contributed by atoms with Crippen molar-refractivity contribution in [2.75, 3.05) is 0 Å². The molecular formula is C14H26. The Balaban J connectivity index is 3.61. The molecule has 0 aromatic heterocycles. The summed E-state index contributed by atoms with van der Waals surface area (Å²) in [7, 11) is 0. The van der Waals surface area contributed by atoms with Crippen LogP contribution in [0.15, 0.2) is 23.8 Å². The molecule has 1 atom stereocenters. The normalized spacial score (nSPS) is 14.1. The Labute approximate surface area is 90.1 Å². The van der Waals surface area contributed by atoms with E-state index in [1.807, 2.05) is 0 Å². The molecule has 0 rings (SSSR count). The van der Waals surface area contributed by atoms with Crippen LogP contribution in [0.2, 0.25) is 0 Å². The highest BCUT2D eigenvalue weighted by molar-refractivity contribution is 4.99. The van der Waals surface area contributed by atoms with Crippen LogP contribution in [-0.2, 0) is 0 Å². The second-order valence-electron chi connectivity index (χ2n) is 4.61. The molecule has 0 spiro atoms. The summed E-state index contributed by atoms with van der Waals surface area (Å²) in [4.78, 5) is 0. The van der Waals surface area contributed by atoms with E-state index in [-0.39, 0.29) is 0 Å². The van der Waals surface area contributed by atoms with Gasteiger partial charge in [0.1, 0.15) is 0 Å². The van der Waals surface area contributed by atoms with Gasteiger partial charge in [-0.3, -0.25) is 0 Å². The highest BCUT2D eigenvalue weighted by Gasteiger charge is 1.96. The van der Waals surface area contributed by atoms with Gasteiger partial charge in [0.25, 0.3) is 0 Å². The van der Waals surface area contributed by atoms with Crippen molar-refractivity contribution in [2.24, 2.45) is 5.92 Å². The maximum Gasteiger partial charge on any atom is -0.0320 e. The Hall–Kier alpha value is -0.520. The number of allylic oxidation sites excluding steroid dienone is 3. The van der Waals surface area contributed by atoms with E-state index in [1.165, 1.54) is 37.7 Å². The van der Waals surface area contributed by atoms with Crippen molar-refractivity contribution in [3.63, 3.8) is 0 Å². The Morgan fingerprint density at radius 3 is 2.43 bits per heavy atom. The van der Waals surface area contributed by atoms with Crippen LogP contribution in [0.3, 0.4) is 0 Å². The summed E-state index contributed by atoms with van der Waals surface area (Å²) in [6.07, 6.45) is 8.62. The zero-order valence-corrected chi connectivity index (χ0v) is 10.4. The molecule has 0 fully saturated rings. The zero-order valence-electron chi connectivity index (χ0n) is 10.4. The second-order valence-corrected chi connectivity index (χ2v) is 4.61. The quantitative estimate of drug-likeness (QED) is 0.494. The third-order valence-electron chi connectivity index (χ3n) is 2.74. The van der Waals surface area contributed by atoms with Gasteiger partial charge in [0, 0.05) is 0 Å². The Bertz CT molecular complexity index is 186. The van der Waals surface area contributed by atoms with Crippen molar-refractivity contribution in [3.8, 4) is 0 Å². The summed E-state index contributed by atoms with van der Waals surface area (Å²) in [5.74, 6) is 0.839. The first-order valence-electron chi connectivity index (χ1n) is 5.86. The van der Waals surface area contributed by atoms with Crippen LogP contribution in [0.25, 0.3) is 0 Å². The van der Waals surface area contributed by atoms with Gasteiger partial charge in [0.15, 0.2) is 0 Å². The van der Waals surface area contributed by atoms with Gasteiger partial charge < -0.3 is 0 Å². The fourth-order valence-corrected chi connectivity index (χ4v) is 1.34. The van der Waals surface area contributed by atoms with Crippen LogP contribution in [0.4, 0.5) is 0 Å². The van der Waals surface area contributed by atoms with Gasteiger partial charge in [-0.05, 0) is 45.4 Å². The standard InChI is InChI=1S/C14H26/c1-6-13(4)10-11-14(5)9-7-8-12(2)3/h11,13H,2,6-10H2,1,3-5H3/b14-11+. The maximum absolute atomic E-state index is 3.92. The van der Waals surface area contributed by atoms with Crippen LogP contribution in [0, 0.1) is 5.92 Å². The molecule has 0 nitrogen and oxygen atoms in total. The molecule has 1 unspecified atom stereocenters. The van der Waals surface area contributed by atoms with E-state index < -0.39 is 0 Å². The monoisotopic (exact) mass is 194 g/mol. The molecule has 0 aliphatic carbocycles. The third-order valence-corrected chi connectivity index (χ3v) is 2.74.